The van der Waals surface area contributed by atoms with Crippen molar-refractivity contribution in [3.63, 3.8) is 0 Å². The molecule has 1 saturated carbocycles. The molecule has 2 aliphatic rings. The van der Waals surface area contributed by atoms with E-state index in [9.17, 15) is 0 Å². The molecule has 2 fully saturated rings. The van der Waals surface area contributed by atoms with E-state index in [0.717, 1.165) is 6.04 Å². The normalized spacial score (nSPS) is 38.8. The van der Waals surface area contributed by atoms with Gasteiger partial charge in [0.05, 0.1) is 6.10 Å². The van der Waals surface area contributed by atoms with Crippen molar-refractivity contribution < 1.29 is 4.74 Å². The number of rotatable bonds is 3. The fourth-order valence-electron chi connectivity index (χ4n) is 2.57. The van der Waals surface area contributed by atoms with Crippen LogP contribution in [0.3, 0.4) is 0 Å². The Labute approximate surface area is 91.2 Å². The zero-order valence-corrected chi connectivity index (χ0v) is 9.81. The first-order chi connectivity index (χ1) is 6.90. The van der Waals surface area contributed by atoms with E-state index in [-0.39, 0.29) is 0 Å². The second-order valence-electron chi connectivity index (χ2n) is 4.39. The SMILES string of the molecule is CO[C@H]1CCC[C@@H]1NC1CCCSC1. The number of ether oxygens (including phenoxy) is 1. The lowest BCUT2D eigenvalue weighted by molar-refractivity contribution is 0.0816. The second kappa shape index (κ2) is 5.38. The predicted molar refractivity (Wildman–Crippen MR) is 61.9 cm³/mol. The third kappa shape index (κ3) is 2.65. The molecule has 1 saturated heterocycles. The first-order valence-electron chi connectivity index (χ1n) is 5.76. The Bertz CT molecular complexity index is 171. The maximum absolute atomic E-state index is 5.50. The molecule has 82 valence electrons. The Morgan fingerprint density at radius 1 is 1.21 bits per heavy atom. The van der Waals surface area contributed by atoms with Crippen molar-refractivity contribution >= 4 is 11.8 Å². The summed E-state index contributed by atoms with van der Waals surface area (Å²) in [5, 5.41) is 3.77. The molecule has 0 aromatic carbocycles. The van der Waals surface area contributed by atoms with Crippen molar-refractivity contribution in [1.29, 1.82) is 0 Å². The summed E-state index contributed by atoms with van der Waals surface area (Å²) in [5.74, 6) is 2.66. The molecule has 14 heavy (non-hydrogen) atoms. The quantitative estimate of drug-likeness (QED) is 0.778. The highest BCUT2D eigenvalue weighted by atomic mass is 32.2. The lowest BCUT2D eigenvalue weighted by Gasteiger charge is -2.28. The van der Waals surface area contributed by atoms with Gasteiger partial charge in [0.15, 0.2) is 0 Å². The van der Waals surface area contributed by atoms with Gasteiger partial charge in [-0.25, -0.2) is 0 Å². The molecule has 2 rings (SSSR count). The van der Waals surface area contributed by atoms with Crippen LogP contribution in [0.15, 0.2) is 0 Å². The minimum absolute atomic E-state index is 0.474. The van der Waals surface area contributed by atoms with Crippen molar-refractivity contribution in [2.45, 2.75) is 50.3 Å². The standard InChI is InChI=1S/C11H21NOS/c1-13-11-6-2-5-10(11)12-9-4-3-7-14-8-9/h9-12H,2-8H2,1H3/t9?,10-,11-/m0/s1. The maximum Gasteiger partial charge on any atom is 0.0724 e. The van der Waals surface area contributed by atoms with E-state index in [1.807, 2.05) is 7.11 Å². The van der Waals surface area contributed by atoms with Crippen molar-refractivity contribution in [1.82, 2.24) is 5.32 Å². The molecule has 0 radical (unpaired) electrons. The van der Waals surface area contributed by atoms with Gasteiger partial charge in [-0.2, -0.15) is 11.8 Å². The third-order valence-corrected chi connectivity index (χ3v) is 4.58. The summed E-state index contributed by atoms with van der Waals surface area (Å²) in [6, 6.07) is 1.37. The van der Waals surface area contributed by atoms with Crippen molar-refractivity contribution in [3.8, 4) is 0 Å². The topological polar surface area (TPSA) is 21.3 Å². The van der Waals surface area contributed by atoms with Crippen LogP contribution in [-0.4, -0.2) is 36.8 Å². The summed E-state index contributed by atoms with van der Waals surface area (Å²) in [5.41, 5.74) is 0. The van der Waals surface area contributed by atoms with E-state index in [4.69, 9.17) is 4.74 Å². The van der Waals surface area contributed by atoms with Gasteiger partial charge in [0.2, 0.25) is 0 Å². The van der Waals surface area contributed by atoms with Gasteiger partial charge in [-0.3, -0.25) is 0 Å². The molecule has 0 spiro atoms. The summed E-state index contributed by atoms with van der Waals surface area (Å²) in [6.45, 7) is 0. The molecule has 3 atom stereocenters. The fraction of sp³-hybridized carbons (Fsp3) is 1.00. The Kier molecular flexibility index (Phi) is 4.14. The van der Waals surface area contributed by atoms with Crippen LogP contribution in [0.2, 0.25) is 0 Å². The summed E-state index contributed by atoms with van der Waals surface area (Å²) in [4.78, 5) is 0. The van der Waals surface area contributed by atoms with Crippen molar-refractivity contribution in [2.75, 3.05) is 18.6 Å². The molecular formula is C11H21NOS. The molecular weight excluding hydrogens is 194 g/mol. The van der Waals surface area contributed by atoms with Gasteiger partial charge in [-0.15, -0.1) is 0 Å². The van der Waals surface area contributed by atoms with Gasteiger partial charge in [-0.1, -0.05) is 0 Å². The molecule has 1 aliphatic carbocycles. The van der Waals surface area contributed by atoms with Crippen LogP contribution in [-0.2, 0) is 4.74 Å². The average molecular weight is 215 g/mol. The van der Waals surface area contributed by atoms with Crippen LogP contribution in [0.4, 0.5) is 0 Å². The van der Waals surface area contributed by atoms with Gasteiger partial charge >= 0.3 is 0 Å². The summed E-state index contributed by atoms with van der Waals surface area (Å²) in [7, 11) is 1.85. The first-order valence-corrected chi connectivity index (χ1v) is 6.92. The number of nitrogens with one attached hydrogen (secondary N) is 1. The van der Waals surface area contributed by atoms with Crippen molar-refractivity contribution in [3.05, 3.63) is 0 Å². The monoisotopic (exact) mass is 215 g/mol. The smallest absolute Gasteiger partial charge is 0.0724 e. The van der Waals surface area contributed by atoms with E-state index < -0.39 is 0 Å². The molecule has 2 nitrogen and oxygen atoms in total. The van der Waals surface area contributed by atoms with Gasteiger partial charge in [-0.05, 0) is 37.9 Å². The zero-order valence-electron chi connectivity index (χ0n) is 9.00. The van der Waals surface area contributed by atoms with Crippen LogP contribution < -0.4 is 5.32 Å². The summed E-state index contributed by atoms with van der Waals surface area (Å²) >= 11 is 2.09. The lowest BCUT2D eigenvalue weighted by atomic mass is 10.1. The van der Waals surface area contributed by atoms with Crippen LogP contribution in [0, 0.1) is 0 Å². The Morgan fingerprint density at radius 3 is 2.86 bits per heavy atom. The highest BCUT2D eigenvalue weighted by Crippen LogP contribution is 2.24. The molecule has 1 heterocycles. The largest absolute Gasteiger partial charge is 0.380 e. The maximum atomic E-state index is 5.50. The average Bonchev–Trinajstić information content (AvgIpc) is 2.67. The molecule has 1 aliphatic heterocycles. The van der Waals surface area contributed by atoms with E-state index >= 15 is 0 Å². The Morgan fingerprint density at radius 2 is 2.14 bits per heavy atom. The van der Waals surface area contributed by atoms with Crippen molar-refractivity contribution in [2.24, 2.45) is 0 Å². The first kappa shape index (κ1) is 10.8. The number of thioether (sulfide) groups is 1. The molecule has 0 aromatic rings. The fourth-order valence-corrected chi connectivity index (χ4v) is 3.66. The summed E-state index contributed by atoms with van der Waals surface area (Å²) in [6.07, 6.45) is 7.10. The van der Waals surface area contributed by atoms with E-state index in [1.165, 1.54) is 43.6 Å². The second-order valence-corrected chi connectivity index (χ2v) is 5.54. The highest BCUT2D eigenvalue weighted by molar-refractivity contribution is 7.99. The number of hydrogen-bond donors (Lipinski definition) is 1. The van der Waals surface area contributed by atoms with E-state index in [1.54, 1.807) is 0 Å². The third-order valence-electron chi connectivity index (χ3n) is 3.37. The molecule has 0 aromatic heterocycles. The van der Waals surface area contributed by atoms with Crippen LogP contribution in [0.1, 0.15) is 32.1 Å². The summed E-state index contributed by atoms with van der Waals surface area (Å²) < 4.78 is 5.50. The van der Waals surface area contributed by atoms with Crippen LogP contribution >= 0.6 is 11.8 Å². The minimum Gasteiger partial charge on any atom is -0.380 e. The molecule has 1 N–H and O–H groups in total. The predicted octanol–water partition coefficient (Wildman–Crippen LogP) is 2.04. The molecule has 3 heteroatoms. The van der Waals surface area contributed by atoms with E-state index in [0.29, 0.717) is 12.1 Å². The number of methoxy groups -OCH3 is 1. The minimum atomic E-state index is 0.474. The Balaban J connectivity index is 1.77. The van der Waals surface area contributed by atoms with Gasteiger partial charge in [0.25, 0.3) is 0 Å². The lowest BCUT2D eigenvalue weighted by Crippen LogP contribution is -2.45. The highest BCUT2D eigenvalue weighted by Gasteiger charge is 2.29. The molecule has 1 unspecified atom stereocenters. The van der Waals surface area contributed by atoms with Gasteiger partial charge in [0, 0.05) is 24.9 Å². The van der Waals surface area contributed by atoms with E-state index in [2.05, 4.69) is 17.1 Å². The van der Waals surface area contributed by atoms with Gasteiger partial charge in [0.1, 0.15) is 0 Å². The van der Waals surface area contributed by atoms with Crippen LogP contribution in [0.25, 0.3) is 0 Å². The van der Waals surface area contributed by atoms with Gasteiger partial charge < -0.3 is 10.1 Å². The molecule has 0 bridgehead atoms. The Hall–Kier alpha value is 0.270. The number of hydrogen-bond acceptors (Lipinski definition) is 3. The molecule has 0 amide bonds. The zero-order chi connectivity index (χ0) is 9.80. The van der Waals surface area contributed by atoms with Crippen LogP contribution in [0.5, 0.6) is 0 Å².